The highest BCUT2D eigenvalue weighted by atomic mass is 35.5. The smallest absolute Gasteiger partial charge is 0.138 e. The number of halogens is 2. The molecular formula is C14H19Cl2NO2. The van der Waals surface area contributed by atoms with Gasteiger partial charge in [-0.15, -0.1) is 0 Å². The van der Waals surface area contributed by atoms with Gasteiger partial charge in [0.25, 0.3) is 0 Å². The van der Waals surface area contributed by atoms with Gasteiger partial charge in [0.15, 0.2) is 0 Å². The van der Waals surface area contributed by atoms with Crippen LogP contribution in [0.5, 0.6) is 5.75 Å². The molecule has 106 valence electrons. The van der Waals surface area contributed by atoms with Gasteiger partial charge in [-0.25, -0.2) is 0 Å². The van der Waals surface area contributed by atoms with Crippen LogP contribution in [0.15, 0.2) is 12.1 Å². The van der Waals surface area contributed by atoms with Crippen molar-refractivity contribution < 1.29 is 10.2 Å². The van der Waals surface area contributed by atoms with Crippen LogP contribution in [-0.2, 0) is 6.54 Å². The Morgan fingerprint density at radius 2 is 2.11 bits per heavy atom. The second-order valence-corrected chi connectivity index (χ2v) is 5.87. The van der Waals surface area contributed by atoms with E-state index in [9.17, 15) is 5.11 Å². The highest BCUT2D eigenvalue weighted by Gasteiger charge is 2.25. The predicted molar refractivity (Wildman–Crippen MR) is 77.9 cm³/mol. The molecule has 3 nitrogen and oxygen atoms in total. The van der Waals surface area contributed by atoms with Gasteiger partial charge in [0.05, 0.1) is 5.02 Å². The number of benzene rings is 1. The zero-order valence-electron chi connectivity index (χ0n) is 10.8. The fourth-order valence-electron chi connectivity index (χ4n) is 2.72. The monoisotopic (exact) mass is 303 g/mol. The largest absolute Gasteiger partial charge is 0.506 e. The van der Waals surface area contributed by atoms with E-state index in [1.54, 1.807) is 12.1 Å². The Labute approximate surface area is 123 Å². The lowest BCUT2D eigenvalue weighted by Crippen LogP contribution is -2.29. The maximum atomic E-state index is 9.99. The Bertz CT molecular complexity index is 440. The van der Waals surface area contributed by atoms with E-state index in [4.69, 9.17) is 28.3 Å². The number of hydrogen-bond donors (Lipinski definition) is 2. The van der Waals surface area contributed by atoms with Crippen molar-refractivity contribution in [1.29, 1.82) is 0 Å². The van der Waals surface area contributed by atoms with Crippen LogP contribution in [0.25, 0.3) is 0 Å². The number of nitrogens with zero attached hydrogens (tertiary/aromatic N) is 1. The number of rotatable bonds is 5. The lowest BCUT2D eigenvalue weighted by atomic mass is 10.1. The summed E-state index contributed by atoms with van der Waals surface area (Å²) in [7, 11) is 0. The molecule has 0 aromatic heterocycles. The van der Waals surface area contributed by atoms with Gasteiger partial charge in [-0.2, -0.15) is 0 Å². The van der Waals surface area contributed by atoms with Gasteiger partial charge in [0, 0.05) is 29.8 Å². The van der Waals surface area contributed by atoms with E-state index in [-0.39, 0.29) is 12.4 Å². The lowest BCUT2D eigenvalue weighted by molar-refractivity contribution is 0.208. The summed E-state index contributed by atoms with van der Waals surface area (Å²) in [6, 6.07) is 3.80. The van der Waals surface area contributed by atoms with E-state index in [0.29, 0.717) is 22.6 Å². The number of hydrogen-bond acceptors (Lipinski definition) is 3. The van der Waals surface area contributed by atoms with Gasteiger partial charge in [-0.1, -0.05) is 23.2 Å². The maximum absolute atomic E-state index is 9.99. The Kier molecular flexibility index (Phi) is 5.34. The Balaban J connectivity index is 2.07. The Morgan fingerprint density at radius 3 is 2.84 bits per heavy atom. The molecule has 0 amide bonds. The number of phenolic OH excluding ortho intramolecular Hbond substituents is 1. The Morgan fingerprint density at radius 1 is 1.32 bits per heavy atom. The van der Waals surface area contributed by atoms with Crippen LogP contribution in [0.2, 0.25) is 10.0 Å². The number of aliphatic hydroxyl groups excluding tert-OH is 1. The third kappa shape index (κ3) is 3.76. The number of aliphatic hydroxyl groups is 1. The molecule has 0 saturated carbocycles. The van der Waals surface area contributed by atoms with Gasteiger partial charge in [0.2, 0.25) is 0 Å². The normalized spacial score (nSPS) is 20.1. The summed E-state index contributed by atoms with van der Waals surface area (Å²) >= 11 is 11.9. The summed E-state index contributed by atoms with van der Waals surface area (Å²) in [5.74, 6) is 0.124. The molecule has 1 heterocycles. The van der Waals surface area contributed by atoms with Crippen molar-refractivity contribution in [2.45, 2.75) is 38.3 Å². The van der Waals surface area contributed by atoms with E-state index >= 15 is 0 Å². The summed E-state index contributed by atoms with van der Waals surface area (Å²) in [5.41, 5.74) is 0.772. The third-order valence-electron chi connectivity index (χ3n) is 3.68. The standard InChI is InChI=1S/C14H19Cl2NO2/c15-11-7-10(14(19)13(16)8-11)9-17-5-1-3-12(17)4-2-6-18/h7-8,12,18-19H,1-6,9H2. The van der Waals surface area contributed by atoms with E-state index in [1.807, 2.05) is 0 Å². The van der Waals surface area contributed by atoms with Crippen LogP contribution in [0.4, 0.5) is 0 Å². The first-order valence-electron chi connectivity index (χ1n) is 6.63. The first-order chi connectivity index (χ1) is 9.11. The molecule has 1 fully saturated rings. The molecule has 1 aromatic rings. The summed E-state index contributed by atoms with van der Waals surface area (Å²) in [5, 5.41) is 19.8. The molecule has 0 bridgehead atoms. The van der Waals surface area contributed by atoms with E-state index in [0.717, 1.165) is 37.8 Å². The zero-order chi connectivity index (χ0) is 13.8. The molecule has 2 N–H and O–H groups in total. The first-order valence-corrected chi connectivity index (χ1v) is 7.39. The van der Waals surface area contributed by atoms with Gasteiger partial charge < -0.3 is 10.2 Å². The lowest BCUT2D eigenvalue weighted by Gasteiger charge is -2.25. The van der Waals surface area contributed by atoms with E-state index < -0.39 is 0 Å². The van der Waals surface area contributed by atoms with E-state index in [2.05, 4.69) is 4.90 Å². The predicted octanol–water partition coefficient (Wildman–Crippen LogP) is 3.44. The van der Waals surface area contributed by atoms with Crippen molar-refractivity contribution in [3.8, 4) is 5.75 Å². The van der Waals surface area contributed by atoms with Crippen molar-refractivity contribution in [1.82, 2.24) is 4.90 Å². The van der Waals surface area contributed by atoms with Gasteiger partial charge >= 0.3 is 0 Å². The van der Waals surface area contributed by atoms with Crippen molar-refractivity contribution in [3.05, 3.63) is 27.7 Å². The van der Waals surface area contributed by atoms with Crippen LogP contribution in [0.3, 0.4) is 0 Å². The molecule has 0 aliphatic carbocycles. The maximum Gasteiger partial charge on any atom is 0.138 e. The molecule has 19 heavy (non-hydrogen) atoms. The summed E-state index contributed by atoms with van der Waals surface area (Å²) < 4.78 is 0. The van der Waals surface area contributed by atoms with Crippen molar-refractivity contribution in [3.63, 3.8) is 0 Å². The van der Waals surface area contributed by atoms with Gasteiger partial charge in [-0.3, -0.25) is 4.90 Å². The quantitative estimate of drug-likeness (QED) is 0.876. The highest BCUT2D eigenvalue weighted by molar-refractivity contribution is 6.35. The van der Waals surface area contributed by atoms with Crippen molar-refractivity contribution in [2.24, 2.45) is 0 Å². The van der Waals surface area contributed by atoms with Crippen molar-refractivity contribution >= 4 is 23.2 Å². The molecule has 1 aliphatic rings. The molecule has 1 aliphatic heterocycles. The summed E-state index contributed by atoms with van der Waals surface area (Å²) in [4.78, 5) is 2.33. The Hall–Kier alpha value is -0.480. The molecule has 1 saturated heterocycles. The van der Waals surface area contributed by atoms with Crippen LogP contribution in [0, 0.1) is 0 Å². The molecule has 2 rings (SSSR count). The van der Waals surface area contributed by atoms with Crippen LogP contribution in [-0.4, -0.2) is 34.3 Å². The van der Waals surface area contributed by atoms with Crippen molar-refractivity contribution in [2.75, 3.05) is 13.2 Å². The van der Waals surface area contributed by atoms with Crippen LogP contribution < -0.4 is 0 Å². The average molecular weight is 304 g/mol. The SMILES string of the molecule is OCCCC1CCCN1Cc1cc(Cl)cc(Cl)c1O. The topological polar surface area (TPSA) is 43.7 Å². The molecule has 1 aromatic carbocycles. The molecule has 1 unspecified atom stereocenters. The molecule has 0 radical (unpaired) electrons. The summed E-state index contributed by atoms with van der Waals surface area (Å²) in [6.07, 6.45) is 4.12. The first kappa shape index (κ1) is 14.9. The van der Waals surface area contributed by atoms with Gasteiger partial charge in [-0.05, 0) is 44.4 Å². The molecule has 1 atom stereocenters. The third-order valence-corrected chi connectivity index (χ3v) is 4.18. The molecule has 5 heteroatoms. The highest BCUT2D eigenvalue weighted by Crippen LogP contribution is 2.33. The number of aromatic hydroxyl groups is 1. The zero-order valence-corrected chi connectivity index (χ0v) is 12.3. The fraction of sp³-hybridized carbons (Fsp3) is 0.571. The summed E-state index contributed by atoms with van der Waals surface area (Å²) in [6.45, 7) is 1.90. The minimum absolute atomic E-state index is 0.124. The minimum atomic E-state index is 0.124. The number of likely N-dealkylation sites (tertiary alicyclic amines) is 1. The second kappa shape index (κ2) is 6.80. The van der Waals surface area contributed by atoms with Crippen LogP contribution in [0.1, 0.15) is 31.2 Å². The van der Waals surface area contributed by atoms with Crippen LogP contribution >= 0.6 is 23.2 Å². The average Bonchev–Trinajstić information content (AvgIpc) is 2.80. The minimum Gasteiger partial charge on any atom is -0.506 e. The van der Waals surface area contributed by atoms with E-state index in [1.165, 1.54) is 0 Å². The second-order valence-electron chi connectivity index (χ2n) is 5.03. The van der Waals surface area contributed by atoms with Gasteiger partial charge in [0.1, 0.15) is 5.75 Å². The molecule has 0 spiro atoms. The number of phenols is 1. The fourth-order valence-corrected chi connectivity index (χ4v) is 3.25. The molecular weight excluding hydrogens is 285 g/mol.